The molecule has 31 heavy (non-hydrogen) atoms. The Hall–Kier alpha value is -3.14. The van der Waals surface area contributed by atoms with Crippen LogP contribution in [0.4, 0.5) is 17.1 Å². The van der Waals surface area contributed by atoms with Crippen LogP contribution in [0.3, 0.4) is 0 Å². The summed E-state index contributed by atoms with van der Waals surface area (Å²) >= 11 is 12.1. The molecular weight excluding hydrogens is 465 g/mol. The number of nitro benzene ring substituents is 1. The van der Waals surface area contributed by atoms with Gasteiger partial charge >= 0.3 is 0 Å². The molecule has 160 valence electrons. The van der Waals surface area contributed by atoms with Gasteiger partial charge in [-0.2, -0.15) is 0 Å². The molecule has 1 amide bonds. The molecule has 3 rings (SSSR count). The number of amides is 1. The van der Waals surface area contributed by atoms with Crippen molar-refractivity contribution in [3.05, 3.63) is 93.0 Å². The minimum Gasteiger partial charge on any atom is -0.324 e. The van der Waals surface area contributed by atoms with Crippen molar-refractivity contribution in [2.75, 3.05) is 16.2 Å². The lowest BCUT2D eigenvalue weighted by molar-refractivity contribution is -0.384. The highest BCUT2D eigenvalue weighted by atomic mass is 35.5. The van der Waals surface area contributed by atoms with E-state index in [1.165, 1.54) is 54.6 Å². The number of carbonyl (C=O) groups is 1. The van der Waals surface area contributed by atoms with Crippen LogP contribution in [-0.2, 0) is 14.8 Å². The van der Waals surface area contributed by atoms with Gasteiger partial charge in [0.15, 0.2) is 0 Å². The number of nitrogens with one attached hydrogen (secondary N) is 1. The number of carbonyl (C=O) groups excluding carboxylic acids is 1. The molecule has 0 saturated heterocycles. The van der Waals surface area contributed by atoms with Gasteiger partial charge in [0, 0.05) is 22.8 Å². The molecule has 3 aromatic rings. The van der Waals surface area contributed by atoms with Crippen LogP contribution < -0.4 is 9.62 Å². The van der Waals surface area contributed by atoms with Crippen LogP contribution in [-0.4, -0.2) is 25.8 Å². The molecule has 0 aliphatic rings. The Labute approximate surface area is 188 Å². The summed E-state index contributed by atoms with van der Waals surface area (Å²) in [6.45, 7) is -0.624. The standard InChI is InChI=1S/C20H15Cl2N3O5S/c21-14-9-10-19(18(22)11-14)24(31(29,30)17-7-2-1-3-8-17)13-20(26)23-15-5-4-6-16(12-15)25(27)28/h1-12H,13H2,(H,23,26). The van der Waals surface area contributed by atoms with E-state index >= 15 is 0 Å². The molecular formula is C20H15Cl2N3O5S. The lowest BCUT2D eigenvalue weighted by Gasteiger charge is -2.25. The van der Waals surface area contributed by atoms with Gasteiger partial charge in [0.25, 0.3) is 15.7 Å². The van der Waals surface area contributed by atoms with Crippen LogP contribution in [0, 0.1) is 10.1 Å². The predicted octanol–water partition coefficient (Wildman–Crippen LogP) is 4.74. The van der Waals surface area contributed by atoms with E-state index in [0.29, 0.717) is 5.02 Å². The number of nitro groups is 1. The molecule has 0 aliphatic heterocycles. The fraction of sp³-hybridized carbons (Fsp3) is 0.0500. The summed E-state index contributed by atoms with van der Waals surface area (Å²) in [5.41, 5.74) is -0.00474. The molecule has 0 heterocycles. The highest BCUT2D eigenvalue weighted by molar-refractivity contribution is 7.92. The minimum atomic E-state index is -4.16. The summed E-state index contributed by atoms with van der Waals surface area (Å²) in [7, 11) is -4.16. The molecule has 3 aromatic carbocycles. The van der Waals surface area contributed by atoms with E-state index < -0.39 is 27.4 Å². The first kappa shape index (κ1) is 22.5. The third kappa shape index (κ3) is 5.32. The maximum absolute atomic E-state index is 13.3. The number of anilines is 2. The van der Waals surface area contributed by atoms with Crippen LogP contribution in [0.25, 0.3) is 0 Å². The number of non-ortho nitro benzene ring substituents is 1. The summed E-state index contributed by atoms with van der Waals surface area (Å²) in [6.07, 6.45) is 0. The van der Waals surface area contributed by atoms with Crippen LogP contribution in [0.5, 0.6) is 0 Å². The Balaban J connectivity index is 1.96. The van der Waals surface area contributed by atoms with Crippen LogP contribution in [0.2, 0.25) is 10.0 Å². The molecule has 0 aliphatic carbocycles. The Morgan fingerprint density at radius 1 is 1.00 bits per heavy atom. The molecule has 0 spiro atoms. The Kier molecular flexibility index (Phi) is 6.79. The average molecular weight is 480 g/mol. The van der Waals surface area contributed by atoms with Crippen molar-refractivity contribution < 1.29 is 18.1 Å². The van der Waals surface area contributed by atoms with E-state index in [2.05, 4.69) is 5.32 Å². The van der Waals surface area contributed by atoms with E-state index in [4.69, 9.17) is 23.2 Å². The second kappa shape index (κ2) is 9.34. The molecule has 0 fully saturated rings. The zero-order chi connectivity index (χ0) is 22.6. The smallest absolute Gasteiger partial charge is 0.271 e. The SMILES string of the molecule is O=C(CN(c1ccc(Cl)cc1Cl)S(=O)(=O)c1ccccc1)Nc1cccc([N+](=O)[O-])c1. The maximum Gasteiger partial charge on any atom is 0.271 e. The Morgan fingerprint density at radius 2 is 1.71 bits per heavy atom. The molecule has 0 radical (unpaired) electrons. The molecule has 1 N–H and O–H groups in total. The quantitative estimate of drug-likeness (QED) is 0.388. The Morgan fingerprint density at radius 3 is 2.35 bits per heavy atom. The second-order valence-electron chi connectivity index (χ2n) is 6.28. The van der Waals surface area contributed by atoms with Crippen molar-refractivity contribution in [3.63, 3.8) is 0 Å². The van der Waals surface area contributed by atoms with E-state index in [9.17, 15) is 23.3 Å². The summed E-state index contributed by atoms with van der Waals surface area (Å²) in [6, 6.07) is 17.1. The van der Waals surface area contributed by atoms with Gasteiger partial charge < -0.3 is 5.32 Å². The summed E-state index contributed by atoms with van der Waals surface area (Å²) in [5.74, 6) is -0.717. The van der Waals surface area contributed by atoms with Gasteiger partial charge in [0.05, 0.1) is 20.5 Å². The number of halogens is 2. The number of benzene rings is 3. The fourth-order valence-electron chi connectivity index (χ4n) is 2.73. The first-order valence-electron chi connectivity index (χ1n) is 8.75. The summed E-state index contributed by atoms with van der Waals surface area (Å²) in [4.78, 5) is 23.0. The van der Waals surface area contributed by atoms with Gasteiger partial charge in [-0.1, -0.05) is 47.5 Å². The van der Waals surface area contributed by atoms with Gasteiger partial charge in [-0.05, 0) is 36.4 Å². The van der Waals surface area contributed by atoms with Crippen LogP contribution in [0.1, 0.15) is 0 Å². The normalized spacial score (nSPS) is 11.0. The number of sulfonamides is 1. The lowest BCUT2D eigenvalue weighted by Crippen LogP contribution is -2.38. The zero-order valence-corrected chi connectivity index (χ0v) is 18.1. The van der Waals surface area contributed by atoms with Crippen molar-refractivity contribution in [2.45, 2.75) is 4.90 Å². The summed E-state index contributed by atoms with van der Waals surface area (Å²) < 4.78 is 27.4. The van der Waals surface area contributed by atoms with Crippen molar-refractivity contribution in [3.8, 4) is 0 Å². The maximum atomic E-state index is 13.3. The van der Waals surface area contributed by atoms with E-state index in [-0.39, 0.29) is 27.0 Å². The van der Waals surface area contributed by atoms with Crippen molar-refractivity contribution in [1.82, 2.24) is 0 Å². The Bertz CT molecular complexity index is 1240. The molecule has 0 bridgehead atoms. The van der Waals surface area contributed by atoms with E-state index in [1.807, 2.05) is 0 Å². The largest absolute Gasteiger partial charge is 0.324 e. The highest BCUT2D eigenvalue weighted by Crippen LogP contribution is 2.32. The van der Waals surface area contributed by atoms with Gasteiger partial charge in [-0.25, -0.2) is 8.42 Å². The van der Waals surface area contributed by atoms with Crippen molar-refractivity contribution >= 4 is 56.2 Å². The van der Waals surface area contributed by atoms with Gasteiger partial charge in [0.2, 0.25) is 5.91 Å². The first-order chi connectivity index (χ1) is 14.7. The number of nitrogens with zero attached hydrogens (tertiary/aromatic N) is 2. The first-order valence-corrected chi connectivity index (χ1v) is 11.0. The number of rotatable bonds is 7. The summed E-state index contributed by atoms with van der Waals surface area (Å²) in [5, 5.41) is 13.7. The average Bonchev–Trinajstić information content (AvgIpc) is 2.73. The third-order valence-corrected chi connectivity index (χ3v) is 6.45. The van der Waals surface area contributed by atoms with Gasteiger partial charge in [-0.3, -0.25) is 19.2 Å². The topological polar surface area (TPSA) is 110 Å². The fourth-order valence-corrected chi connectivity index (χ4v) is 4.75. The molecule has 0 unspecified atom stereocenters. The minimum absolute atomic E-state index is 0.0372. The number of hydrogen-bond donors (Lipinski definition) is 1. The van der Waals surface area contributed by atoms with Gasteiger partial charge in [0.1, 0.15) is 6.54 Å². The van der Waals surface area contributed by atoms with E-state index in [0.717, 1.165) is 4.31 Å². The highest BCUT2D eigenvalue weighted by Gasteiger charge is 2.29. The van der Waals surface area contributed by atoms with E-state index in [1.54, 1.807) is 18.2 Å². The molecule has 11 heteroatoms. The monoisotopic (exact) mass is 479 g/mol. The number of hydrogen-bond acceptors (Lipinski definition) is 5. The van der Waals surface area contributed by atoms with Crippen molar-refractivity contribution in [2.24, 2.45) is 0 Å². The molecule has 0 aromatic heterocycles. The van der Waals surface area contributed by atoms with Crippen LogP contribution >= 0.6 is 23.2 Å². The lowest BCUT2D eigenvalue weighted by atomic mass is 10.3. The third-order valence-electron chi connectivity index (χ3n) is 4.14. The second-order valence-corrected chi connectivity index (χ2v) is 8.98. The molecule has 8 nitrogen and oxygen atoms in total. The van der Waals surface area contributed by atoms with Crippen LogP contribution in [0.15, 0.2) is 77.7 Å². The van der Waals surface area contributed by atoms with Crippen molar-refractivity contribution in [1.29, 1.82) is 0 Å². The molecule has 0 atom stereocenters. The predicted molar refractivity (Wildman–Crippen MR) is 119 cm³/mol. The molecule has 0 saturated carbocycles. The van der Waals surface area contributed by atoms with Gasteiger partial charge in [-0.15, -0.1) is 0 Å². The zero-order valence-electron chi connectivity index (χ0n) is 15.7.